The van der Waals surface area contributed by atoms with E-state index < -0.39 is 0 Å². The summed E-state index contributed by atoms with van der Waals surface area (Å²) in [6, 6.07) is 6.02. The predicted molar refractivity (Wildman–Crippen MR) is 63.2 cm³/mol. The third kappa shape index (κ3) is 3.16. The Hall–Kier alpha value is -0.240. The predicted octanol–water partition coefficient (Wildman–Crippen LogP) is 4.05. The van der Waals surface area contributed by atoms with Crippen molar-refractivity contribution in [2.75, 3.05) is 6.54 Å². The zero-order valence-corrected chi connectivity index (χ0v) is 9.99. The maximum absolute atomic E-state index is 5.94. The number of rotatable bonds is 4. The molecule has 1 nitrogen and oxygen atoms in total. The van der Waals surface area contributed by atoms with Gasteiger partial charge in [0.2, 0.25) is 0 Å². The van der Waals surface area contributed by atoms with Gasteiger partial charge < -0.3 is 5.32 Å². The number of hydrogen-bond donors (Lipinski definition) is 1. The Labute approximate surface area is 95.4 Å². The van der Waals surface area contributed by atoms with Crippen molar-refractivity contribution in [2.45, 2.75) is 26.3 Å². The van der Waals surface area contributed by atoms with Crippen molar-refractivity contribution in [1.29, 1.82) is 0 Å². The van der Waals surface area contributed by atoms with Crippen LogP contribution in [0.1, 0.15) is 31.9 Å². The SMILES string of the molecule is CCNC(CC)c1cc(Cl)cc(Cl)c1. The van der Waals surface area contributed by atoms with E-state index in [9.17, 15) is 0 Å². The normalized spacial score (nSPS) is 12.9. The first kappa shape index (κ1) is 11.8. The molecule has 0 aromatic heterocycles. The Bertz CT molecular complexity index is 279. The smallest absolute Gasteiger partial charge is 0.0424 e. The second-order valence-corrected chi connectivity index (χ2v) is 4.09. The van der Waals surface area contributed by atoms with Crippen LogP contribution in [0.5, 0.6) is 0 Å². The van der Waals surface area contributed by atoms with E-state index in [0.717, 1.165) is 18.5 Å². The van der Waals surface area contributed by atoms with Crippen LogP contribution >= 0.6 is 23.2 Å². The molecular formula is C11H15Cl2N. The third-order valence-electron chi connectivity index (χ3n) is 2.15. The van der Waals surface area contributed by atoms with Gasteiger partial charge in [-0.15, -0.1) is 0 Å². The summed E-state index contributed by atoms with van der Waals surface area (Å²) in [7, 11) is 0. The highest BCUT2D eigenvalue weighted by Crippen LogP contribution is 2.24. The van der Waals surface area contributed by atoms with Gasteiger partial charge in [0.1, 0.15) is 0 Å². The Balaban J connectivity index is 2.91. The summed E-state index contributed by atoms with van der Waals surface area (Å²) >= 11 is 11.9. The van der Waals surface area contributed by atoms with Crippen LogP contribution in [0, 0.1) is 0 Å². The molecule has 0 aliphatic rings. The van der Waals surface area contributed by atoms with Crippen LogP contribution in [0.25, 0.3) is 0 Å². The maximum atomic E-state index is 5.94. The summed E-state index contributed by atoms with van der Waals surface area (Å²) in [6.07, 6.45) is 1.03. The number of halogens is 2. The fraction of sp³-hybridized carbons (Fsp3) is 0.455. The van der Waals surface area contributed by atoms with Gasteiger partial charge in [-0.1, -0.05) is 37.0 Å². The number of benzene rings is 1. The monoisotopic (exact) mass is 231 g/mol. The quantitative estimate of drug-likeness (QED) is 0.825. The fourth-order valence-electron chi connectivity index (χ4n) is 1.52. The highest BCUT2D eigenvalue weighted by molar-refractivity contribution is 6.34. The molecule has 1 rings (SSSR count). The lowest BCUT2D eigenvalue weighted by Gasteiger charge is -2.16. The zero-order valence-electron chi connectivity index (χ0n) is 8.48. The summed E-state index contributed by atoms with van der Waals surface area (Å²) in [5, 5.41) is 4.78. The van der Waals surface area contributed by atoms with E-state index in [2.05, 4.69) is 19.2 Å². The fourth-order valence-corrected chi connectivity index (χ4v) is 2.06. The molecule has 0 aliphatic heterocycles. The lowest BCUT2D eigenvalue weighted by molar-refractivity contribution is 0.537. The molecule has 0 fully saturated rings. The molecule has 1 atom stereocenters. The van der Waals surface area contributed by atoms with Crippen molar-refractivity contribution in [3.05, 3.63) is 33.8 Å². The zero-order chi connectivity index (χ0) is 10.6. The lowest BCUT2D eigenvalue weighted by Crippen LogP contribution is -2.19. The van der Waals surface area contributed by atoms with E-state index >= 15 is 0 Å². The van der Waals surface area contributed by atoms with Gasteiger partial charge >= 0.3 is 0 Å². The third-order valence-corrected chi connectivity index (χ3v) is 2.58. The minimum absolute atomic E-state index is 0.344. The second-order valence-electron chi connectivity index (χ2n) is 3.22. The summed E-state index contributed by atoms with van der Waals surface area (Å²) in [5.74, 6) is 0. The van der Waals surface area contributed by atoms with Crippen LogP contribution in [0.4, 0.5) is 0 Å². The van der Waals surface area contributed by atoms with Crippen molar-refractivity contribution in [1.82, 2.24) is 5.32 Å². The second kappa shape index (κ2) is 5.59. The van der Waals surface area contributed by atoms with Crippen LogP contribution in [0.3, 0.4) is 0 Å². The van der Waals surface area contributed by atoms with E-state index in [4.69, 9.17) is 23.2 Å². The minimum atomic E-state index is 0.344. The maximum Gasteiger partial charge on any atom is 0.0424 e. The van der Waals surface area contributed by atoms with Crippen LogP contribution in [-0.4, -0.2) is 6.54 Å². The highest BCUT2D eigenvalue weighted by Gasteiger charge is 2.08. The first-order chi connectivity index (χ1) is 6.67. The first-order valence-corrected chi connectivity index (χ1v) is 5.62. The average molecular weight is 232 g/mol. The van der Waals surface area contributed by atoms with Crippen molar-refractivity contribution in [2.24, 2.45) is 0 Å². The molecule has 3 heteroatoms. The molecule has 0 radical (unpaired) electrons. The highest BCUT2D eigenvalue weighted by atomic mass is 35.5. The average Bonchev–Trinajstić information content (AvgIpc) is 2.12. The van der Waals surface area contributed by atoms with Gasteiger partial charge in [-0.3, -0.25) is 0 Å². The lowest BCUT2D eigenvalue weighted by atomic mass is 10.0. The Morgan fingerprint density at radius 2 is 1.71 bits per heavy atom. The van der Waals surface area contributed by atoms with Crippen LogP contribution < -0.4 is 5.32 Å². The van der Waals surface area contributed by atoms with Gasteiger partial charge in [0.15, 0.2) is 0 Å². The van der Waals surface area contributed by atoms with Crippen molar-refractivity contribution in [3.8, 4) is 0 Å². The molecule has 0 bridgehead atoms. The molecule has 1 aromatic rings. The standard InChI is InChI=1S/C11H15Cl2N/c1-3-11(14-4-2)8-5-9(12)7-10(13)6-8/h5-7,11,14H,3-4H2,1-2H3. The molecule has 1 aromatic carbocycles. The molecule has 0 aliphatic carbocycles. The minimum Gasteiger partial charge on any atom is -0.310 e. The van der Waals surface area contributed by atoms with Crippen LogP contribution in [0.2, 0.25) is 10.0 Å². The van der Waals surface area contributed by atoms with Crippen molar-refractivity contribution in [3.63, 3.8) is 0 Å². The van der Waals surface area contributed by atoms with Gasteiger partial charge in [-0.25, -0.2) is 0 Å². The van der Waals surface area contributed by atoms with Gasteiger partial charge in [-0.2, -0.15) is 0 Å². The summed E-state index contributed by atoms with van der Waals surface area (Å²) < 4.78 is 0. The first-order valence-electron chi connectivity index (χ1n) is 4.86. The Morgan fingerprint density at radius 1 is 1.14 bits per heavy atom. The number of nitrogens with one attached hydrogen (secondary N) is 1. The van der Waals surface area contributed by atoms with Crippen molar-refractivity contribution >= 4 is 23.2 Å². The molecule has 78 valence electrons. The molecule has 0 amide bonds. The molecule has 1 N–H and O–H groups in total. The molecular weight excluding hydrogens is 217 g/mol. The van der Waals surface area contributed by atoms with Gasteiger partial charge in [0, 0.05) is 16.1 Å². The molecule has 0 saturated heterocycles. The summed E-state index contributed by atoms with van der Waals surface area (Å²) in [4.78, 5) is 0. The molecule has 0 heterocycles. The topological polar surface area (TPSA) is 12.0 Å². The van der Waals surface area contributed by atoms with E-state index in [-0.39, 0.29) is 0 Å². The van der Waals surface area contributed by atoms with E-state index in [0.29, 0.717) is 16.1 Å². The molecule has 0 spiro atoms. The largest absolute Gasteiger partial charge is 0.310 e. The van der Waals surface area contributed by atoms with Crippen LogP contribution in [-0.2, 0) is 0 Å². The molecule has 1 unspecified atom stereocenters. The van der Waals surface area contributed by atoms with Gasteiger partial charge in [0.25, 0.3) is 0 Å². The van der Waals surface area contributed by atoms with Gasteiger partial charge in [0.05, 0.1) is 0 Å². The van der Waals surface area contributed by atoms with E-state index in [1.807, 2.05) is 12.1 Å². The summed E-state index contributed by atoms with van der Waals surface area (Å²) in [5.41, 5.74) is 1.16. The van der Waals surface area contributed by atoms with Gasteiger partial charge in [-0.05, 0) is 36.7 Å². The van der Waals surface area contributed by atoms with Crippen molar-refractivity contribution < 1.29 is 0 Å². The molecule has 14 heavy (non-hydrogen) atoms. The Kier molecular flexibility index (Phi) is 4.73. The van der Waals surface area contributed by atoms with E-state index in [1.165, 1.54) is 0 Å². The number of hydrogen-bond acceptors (Lipinski definition) is 1. The van der Waals surface area contributed by atoms with Crippen LogP contribution in [0.15, 0.2) is 18.2 Å². The summed E-state index contributed by atoms with van der Waals surface area (Å²) in [6.45, 7) is 5.18. The van der Waals surface area contributed by atoms with E-state index in [1.54, 1.807) is 6.07 Å². The Morgan fingerprint density at radius 3 is 2.14 bits per heavy atom. The molecule has 0 saturated carbocycles.